The van der Waals surface area contributed by atoms with Gasteiger partial charge in [0.2, 0.25) is 0 Å². The summed E-state index contributed by atoms with van der Waals surface area (Å²) in [5, 5.41) is 3.78. The molecule has 0 aromatic carbocycles. The summed E-state index contributed by atoms with van der Waals surface area (Å²) in [4.78, 5) is 2.62. The maximum atomic E-state index is 5.72. The van der Waals surface area contributed by atoms with Crippen molar-refractivity contribution >= 4 is 0 Å². The van der Waals surface area contributed by atoms with Crippen molar-refractivity contribution in [1.82, 2.24) is 10.2 Å². The van der Waals surface area contributed by atoms with E-state index in [2.05, 4.69) is 31.0 Å². The Morgan fingerprint density at radius 2 is 1.90 bits per heavy atom. The average Bonchev–Trinajstić information content (AvgIpc) is 2.50. The van der Waals surface area contributed by atoms with Gasteiger partial charge in [-0.3, -0.25) is 4.90 Å². The molecule has 1 aliphatic rings. The van der Waals surface area contributed by atoms with Gasteiger partial charge >= 0.3 is 0 Å². The first-order chi connectivity index (χ1) is 9.71. The van der Waals surface area contributed by atoms with Crippen molar-refractivity contribution in [1.29, 1.82) is 0 Å². The molecule has 1 saturated heterocycles. The van der Waals surface area contributed by atoms with E-state index in [9.17, 15) is 0 Å². The van der Waals surface area contributed by atoms with Gasteiger partial charge in [-0.1, -0.05) is 20.8 Å². The van der Waals surface area contributed by atoms with Crippen molar-refractivity contribution in [3.05, 3.63) is 0 Å². The molecule has 0 aliphatic carbocycles. The molecular formula is C16H34N2O2. The van der Waals surface area contributed by atoms with Crippen molar-refractivity contribution in [3.63, 3.8) is 0 Å². The lowest BCUT2D eigenvalue weighted by molar-refractivity contribution is 0.0317. The summed E-state index contributed by atoms with van der Waals surface area (Å²) in [7, 11) is 1.74. The summed E-state index contributed by atoms with van der Waals surface area (Å²) in [6.07, 6.45) is 4.60. The lowest BCUT2D eigenvalue weighted by atomic mass is 9.88. The number of hydrogen-bond donors (Lipinski definition) is 1. The molecule has 1 unspecified atom stereocenters. The Kier molecular flexibility index (Phi) is 8.69. The van der Waals surface area contributed by atoms with Crippen LogP contribution in [0, 0.1) is 0 Å². The zero-order valence-corrected chi connectivity index (χ0v) is 13.9. The molecule has 0 saturated carbocycles. The van der Waals surface area contributed by atoms with Crippen LogP contribution in [0.4, 0.5) is 0 Å². The molecule has 4 nitrogen and oxygen atoms in total. The van der Waals surface area contributed by atoms with E-state index in [4.69, 9.17) is 9.47 Å². The molecule has 0 radical (unpaired) electrons. The van der Waals surface area contributed by atoms with Crippen LogP contribution >= 0.6 is 0 Å². The van der Waals surface area contributed by atoms with Gasteiger partial charge < -0.3 is 14.8 Å². The van der Waals surface area contributed by atoms with E-state index in [1.807, 2.05) is 0 Å². The van der Waals surface area contributed by atoms with Gasteiger partial charge in [-0.05, 0) is 25.7 Å². The molecule has 1 rings (SSSR count). The van der Waals surface area contributed by atoms with Crippen molar-refractivity contribution in [3.8, 4) is 0 Å². The van der Waals surface area contributed by atoms with E-state index in [1.165, 1.54) is 19.3 Å². The zero-order chi connectivity index (χ0) is 14.8. The van der Waals surface area contributed by atoms with Gasteiger partial charge in [0.1, 0.15) is 0 Å². The molecule has 1 fully saturated rings. The number of nitrogens with zero attached hydrogens (tertiary/aromatic N) is 1. The first-order valence-electron chi connectivity index (χ1n) is 8.27. The lowest BCUT2D eigenvalue weighted by Gasteiger charge is -2.47. The number of hydrogen-bond acceptors (Lipinski definition) is 4. The third kappa shape index (κ3) is 5.32. The molecule has 0 bridgehead atoms. The monoisotopic (exact) mass is 286 g/mol. The number of ether oxygens (including phenoxy) is 2. The summed E-state index contributed by atoms with van der Waals surface area (Å²) >= 11 is 0. The highest BCUT2D eigenvalue weighted by molar-refractivity contribution is 4.96. The predicted octanol–water partition coefficient (Wildman–Crippen LogP) is 2.28. The van der Waals surface area contributed by atoms with Crippen molar-refractivity contribution in [2.45, 2.75) is 58.0 Å². The second-order valence-electron chi connectivity index (χ2n) is 5.86. The van der Waals surface area contributed by atoms with E-state index < -0.39 is 0 Å². The Hall–Kier alpha value is -0.160. The zero-order valence-electron chi connectivity index (χ0n) is 13.9. The SMILES string of the molecule is CCC1CNC(CC)(CC)CN1CCOCCCOC. The summed E-state index contributed by atoms with van der Waals surface area (Å²) in [6.45, 7) is 12.6. The molecule has 1 atom stereocenters. The van der Waals surface area contributed by atoms with Gasteiger partial charge in [-0.2, -0.15) is 0 Å². The topological polar surface area (TPSA) is 33.7 Å². The molecule has 20 heavy (non-hydrogen) atoms. The van der Waals surface area contributed by atoms with Gasteiger partial charge in [-0.25, -0.2) is 0 Å². The lowest BCUT2D eigenvalue weighted by Crippen LogP contribution is -2.64. The van der Waals surface area contributed by atoms with Crippen LogP contribution in [-0.4, -0.2) is 63.0 Å². The minimum atomic E-state index is 0.307. The third-order valence-corrected chi connectivity index (χ3v) is 4.72. The fourth-order valence-corrected chi connectivity index (χ4v) is 3.01. The first kappa shape index (κ1) is 17.9. The van der Waals surface area contributed by atoms with Crippen LogP contribution in [0.2, 0.25) is 0 Å². The second kappa shape index (κ2) is 9.72. The third-order valence-electron chi connectivity index (χ3n) is 4.72. The molecule has 1 heterocycles. The second-order valence-corrected chi connectivity index (χ2v) is 5.86. The Bertz CT molecular complexity index is 245. The van der Waals surface area contributed by atoms with E-state index in [0.717, 1.165) is 45.9 Å². The normalized spacial score (nSPS) is 23.1. The molecule has 1 N–H and O–H groups in total. The highest BCUT2D eigenvalue weighted by Gasteiger charge is 2.35. The summed E-state index contributed by atoms with van der Waals surface area (Å²) in [5.41, 5.74) is 0.307. The molecular weight excluding hydrogens is 252 g/mol. The molecule has 0 amide bonds. The summed E-state index contributed by atoms with van der Waals surface area (Å²) in [6, 6.07) is 0.656. The van der Waals surface area contributed by atoms with Crippen LogP contribution < -0.4 is 5.32 Å². The van der Waals surface area contributed by atoms with E-state index in [-0.39, 0.29) is 0 Å². The molecule has 4 heteroatoms. The van der Waals surface area contributed by atoms with Crippen LogP contribution in [0.3, 0.4) is 0 Å². The minimum absolute atomic E-state index is 0.307. The van der Waals surface area contributed by atoms with Crippen LogP contribution in [0.5, 0.6) is 0 Å². The van der Waals surface area contributed by atoms with Crippen molar-refractivity contribution in [2.75, 3.05) is 46.6 Å². The molecule has 1 aliphatic heterocycles. The largest absolute Gasteiger partial charge is 0.385 e. The van der Waals surface area contributed by atoms with Crippen LogP contribution in [0.25, 0.3) is 0 Å². The van der Waals surface area contributed by atoms with Crippen molar-refractivity contribution < 1.29 is 9.47 Å². The van der Waals surface area contributed by atoms with Gasteiger partial charge in [0.05, 0.1) is 6.61 Å². The quantitative estimate of drug-likeness (QED) is 0.625. The highest BCUT2D eigenvalue weighted by Crippen LogP contribution is 2.23. The Balaban J connectivity index is 2.35. The molecule has 0 aromatic heterocycles. The van der Waals surface area contributed by atoms with E-state index in [0.29, 0.717) is 11.6 Å². The minimum Gasteiger partial charge on any atom is -0.385 e. The number of piperazine rings is 1. The summed E-state index contributed by atoms with van der Waals surface area (Å²) < 4.78 is 10.8. The fourth-order valence-electron chi connectivity index (χ4n) is 3.01. The maximum absolute atomic E-state index is 5.72. The Labute approximate surface area is 125 Å². The number of rotatable bonds is 10. The van der Waals surface area contributed by atoms with Gasteiger partial charge in [0.15, 0.2) is 0 Å². The van der Waals surface area contributed by atoms with Crippen LogP contribution in [-0.2, 0) is 9.47 Å². The smallest absolute Gasteiger partial charge is 0.0593 e. The standard InChI is InChI=1S/C16H34N2O2/c1-5-15-13-17-16(6-2,7-3)14-18(15)9-12-20-11-8-10-19-4/h15,17H,5-14H2,1-4H3. The van der Waals surface area contributed by atoms with Crippen molar-refractivity contribution in [2.24, 2.45) is 0 Å². The molecule has 120 valence electrons. The number of nitrogens with one attached hydrogen (secondary N) is 1. The van der Waals surface area contributed by atoms with Gasteiger partial charge in [0, 0.05) is 51.5 Å². The van der Waals surface area contributed by atoms with Crippen LogP contribution in [0.1, 0.15) is 46.5 Å². The average molecular weight is 286 g/mol. The van der Waals surface area contributed by atoms with E-state index in [1.54, 1.807) is 7.11 Å². The van der Waals surface area contributed by atoms with Gasteiger partial charge in [-0.15, -0.1) is 0 Å². The van der Waals surface area contributed by atoms with Crippen LogP contribution in [0.15, 0.2) is 0 Å². The number of methoxy groups -OCH3 is 1. The highest BCUT2D eigenvalue weighted by atomic mass is 16.5. The first-order valence-corrected chi connectivity index (χ1v) is 8.27. The van der Waals surface area contributed by atoms with E-state index >= 15 is 0 Å². The molecule has 0 spiro atoms. The maximum Gasteiger partial charge on any atom is 0.0593 e. The Morgan fingerprint density at radius 3 is 2.50 bits per heavy atom. The van der Waals surface area contributed by atoms with Gasteiger partial charge in [0.25, 0.3) is 0 Å². The molecule has 0 aromatic rings. The summed E-state index contributed by atoms with van der Waals surface area (Å²) in [5.74, 6) is 0. The predicted molar refractivity (Wildman–Crippen MR) is 84.3 cm³/mol. The Morgan fingerprint density at radius 1 is 1.15 bits per heavy atom. The fraction of sp³-hybridized carbons (Fsp3) is 1.00.